The maximum atomic E-state index is 11.4. The number of rotatable bonds is 4. The van der Waals surface area contributed by atoms with Gasteiger partial charge in [-0.15, -0.1) is 0 Å². The molecule has 2 amide bonds. The van der Waals surface area contributed by atoms with Gasteiger partial charge in [-0.25, -0.2) is 0 Å². The van der Waals surface area contributed by atoms with Crippen LogP contribution >= 0.6 is 12.2 Å². The third-order valence-electron chi connectivity index (χ3n) is 2.16. The van der Waals surface area contributed by atoms with Gasteiger partial charge in [0.15, 0.2) is 0 Å². The highest BCUT2D eigenvalue weighted by Gasteiger charge is 2.12. The average Bonchev–Trinajstić information content (AvgIpc) is 2.42. The molecule has 0 spiro atoms. The highest BCUT2D eigenvalue weighted by atomic mass is 32.1. The van der Waals surface area contributed by atoms with E-state index in [1.807, 2.05) is 24.3 Å². The maximum Gasteiger partial charge on any atom is 0.310 e. The van der Waals surface area contributed by atoms with Crippen molar-refractivity contribution < 1.29 is 9.59 Å². The van der Waals surface area contributed by atoms with Gasteiger partial charge in [0.25, 0.3) is 0 Å². The van der Waals surface area contributed by atoms with E-state index in [4.69, 9.17) is 17.5 Å². The van der Waals surface area contributed by atoms with Crippen LogP contribution in [0.3, 0.4) is 0 Å². The lowest BCUT2D eigenvalue weighted by Gasteiger charge is -2.07. The quantitative estimate of drug-likeness (QED) is 0.463. The molecule has 1 rings (SSSR count). The van der Waals surface area contributed by atoms with Crippen molar-refractivity contribution in [3.8, 4) is 6.07 Å². The zero-order chi connectivity index (χ0) is 13.4. The second-order valence-corrected chi connectivity index (χ2v) is 3.58. The summed E-state index contributed by atoms with van der Waals surface area (Å²) >= 11 is 4.84. The predicted octanol–water partition coefficient (Wildman–Crippen LogP) is 0.290. The number of carbonyl (C=O) groups is 2. The Balaban J connectivity index is 2.55. The smallest absolute Gasteiger partial charge is 0.310 e. The Labute approximate surface area is 110 Å². The van der Waals surface area contributed by atoms with E-state index in [2.05, 4.69) is 10.6 Å². The molecule has 0 aliphatic carbocycles. The molecule has 0 radical (unpaired) electrons. The first-order chi connectivity index (χ1) is 8.69. The Morgan fingerprint density at radius 1 is 1.28 bits per heavy atom. The summed E-state index contributed by atoms with van der Waals surface area (Å²) in [5.41, 5.74) is 1.65. The molecule has 92 valence electrons. The molecule has 5 nitrogen and oxygen atoms in total. The Morgan fingerprint density at radius 3 is 2.61 bits per heavy atom. The fourth-order valence-electron chi connectivity index (χ4n) is 1.27. The monoisotopic (exact) mass is 261 g/mol. The minimum absolute atomic E-state index is 0.192. The summed E-state index contributed by atoms with van der Waals surface area (Å²) in [6.45, 7) is 0.0187. The molecule has 0 atom stereocenters. The standard InChI is InChI=1S/C12H11N3O2S/c13-5-6-14-11(16)12(17)15-7-9-3-1-2-4-10(9)8-18/h1-4,8H,6-7H2,(H,14,16)(H,15,17). The Kier molecular flexibility index (Phi) is 5.48. The molecule has 0 unspecified atom stereocenters. The molecule has 18 heavy (non-hydrogen) atoms. The van der Waals surface area contributed by atoms with Gasteiger partial charge in [0, 0.05) is 11.9 Å². The Bertz CT molecular complexity index is 508. The summed E-state index contributed by atoms with van der Waals surface area (Å²) in [5, 5.41) is 14.4. The number of benzene rings is 1. The first kappa shape index (κ1) is 13.8. The summed E-state index contributed by atoms with van der Waals surface area (Å²) < 4.78 is 0. The zero-order valence-corrected chi connectivity index (χ0v) is 10.3. The number of hydrogen-bond acceptors (Lipinski definition) is 4. The summed E-state index contributed by atoms with van der Waals surface area (Å²) in [4.78, 5) is 22.5. The van der Waals surface area contributed by atoms with E-state index in [1.54, 1.807) is 6.07 Å². The first-order valence-electron chi connectivity index (χ1n) is 5.15. The third kappa shape index (κ3) is 3.96. The van der Waals surface area contributed by atoms with Crippen LogP contribution in [0.2, 0.25) is 0 Å². The number of nitriles is 1. The molecular formula is C12H11N3O2S. The van der Waals surface area contributed by atoms with E-state index in [-0.39, 0.29) is 13.1 Å². The molecule has 0 saturated heterocycles. The molecule has 0 bridgehead atoms. The fourth-order valence-corrected chi connectivity index (χ4v) is 1.50. The minimum Gasteiger partial charge on any atom is -0.344 e. The van der Waals surface area contributed by atoms with E-state index in [0.717, 1.165) is 11.1 Å². The highest BCUT2D eigenvalue weighted by Crippen LogP contribution is 2.05. The lowest BCUT2D eigenvalue weighted by molar-refractivity contribution is -0.139. The molecule has 0 saturated carbocycles. The number of nitrogens with zero attached hydrogens (tertiary/aromatic N) is 1. The van der Waals surface area contributed by atoms with E-state index >= 15 is 0 Å². The van der Waals surface area contributed by atoms with Crippen molar-refractivity contribution in [2.24, 2.45) is 0 Å². The van der Waals surface area contributed by atoms with Gasteiger partial charge >= 0.3 is 11.8 Å². The van der Waals surface area contributed by atoms with Gasteiger partial charge in [0.1, 0.15) is 6.54 Å². The van der Waals surface area contributed by atoms with Crippen LogP contribution in [0.5, 0.6) is 0 Å². The molecule has 0 aliphatic rings. The molecule has 1 aromatic rings. The largest absolute Gasteiger partial charge is 0.344 e. The lowest BCUT2D eigenvalue weighted by atomic mass is 10.1. The number of thiocarbonyl (C=S) groups is 1. The third-order valence-corrected chi connectivity index (χ3v) is 2.41. The van der Waals surface area contributed by atoms with Gasteiger partial charge in [-0.2, -0.15) is 5.26 Å². The van der Waals surface area contributed by atoms with E-state index in [1.165, 1.54) is 5.37 Å². The molecule has 0 aliphatic heterocycles. The topological polar surface area (TPSA) is 82.0 Å². The molecular weight excluding hydrogens is 250 g/mol. The fraction of sp³-hybridized carbons (Fsp3) is 0.167. The number of hydrogen-bond donors (Lipinski definition) is 2. The molecule has 0 fully saturated rings. The van der Waals surface area contributed by atoms with Crippen LogP contribution in [0.25, 0.3) is 0 Å². The van der Waals surface area contributed by atoms with Crippen molar-refractivity contribution in [3.63, 3.8) is 0 Å². The summed E-state index contributed by atoms with van der Waals surface area (Å²) in [6, 6.07) is 9.00. The van der Waals surface area contributed by atoms with Gasteiger partial charge in [-0.05, 0) is 11.1 Å². The summed E-state index contributed by atoms with van der Waals surface area (Å²) in [6.07, 6.45) is 0. The second kappa shape index (κ2) is 7.14. The van der Waals surface area contributed by atoms with Crippen molar-refractivity contribution in [1.29, 1.82) is 5.26 Å². The number of nitrogens with one attached hydrogen (secondary N) is 2. The number of amides is 2. The van der Waals surface area contributed by atoms with Crippen LogP contribution in [0.15, 0.2) is 24.3 Å². The van der Waals surface area contributed by atoms with E-state index in [0.29, 0.717) is 0 Å². The molecule has 6 heteroatoms. The van der Waals surface area contributed by atoms with Crippen molar-refractivity contribution >= 4 is 29.4 Å². The highest BCUT2D eigenvalue weighted by molar-refractivity contribution is 7.79. The van der Waals surface area contributed by atoms with Crippen molar-refractivity contribution in [2.45, 2.75) is 6.54 Å². The molecule has 1 aromatic carbocycles. The van der Waals surface area contributed by atoms with Crippen LogP contribution < -0.4 is 10.6 Å². The SMILES string of the molecule is N#CCNC(=O)C(=O)NCc1ccccc1C=S. The second-order valence-electron chi connectivity index (χ2n) is 3.34. The Hall–Kier alpha value is -2.26. The lowest BCUT2D eigenvalue weighted by Crippen LogP contribution is -2.39. The van der Waals surface area contributed by atoms with Crippen LogP contribution in [0.4, 0.5) is 0 Å². The predicted molar refractivity (Wildman–Crippen MR) is 69.7 cm³/mol. The van der Waals surface area contributed by atoms with Crippen molar-refractivity contribution in [2.75, 3.05) is 6.54 Å². The van der Waals surface area contributed by atoms with Gasteiger partial charge in [0.05, 0.1) is 6.07 Å². The van der Waals surface area contributed by atoms with Crippen LogP contribution in [0, 0.1) is 11.3 Å². The van der Waals surface area contributed by atoms with E-state index in [9.17, 15) is 9.59 Å². The maximum absolute atomic E-state index is 11.4. The van der Waals surface area contributed by atoms with Crippen molar-refractivity contribution in [3.05, 3.63) is 35.4 Å². The normalized spacial score (nSPS) is 9.06. The summed E-state index contributed by atoms with van der Waals surface area (Å²) in [7, 11) is 0. The van der Waals surface area contributed by atoms with Crippen LogP contribution in [-0.2, 0) is 16.1 Å². The van der Waals surface area contributed by atoms with Gasteiger partial charge < -0.3 is 10.6 Å². The molecule has 0 aromatic heterocycles. The van der Waals surface area contributed by atoms with Crippen LogP contribution in [0.1, 0.15) is 11.1 Å². The van der Waals surface area contributed by atoms with Crippen molar-refractivity contribution in [1.82, 2.24) is 10.6 Å². The Morgan fingerprint density at radius 2 is 1.94 bits per heavy atom. The van der Waals surface area contributed by atoms with Crippen LogP contribution in [-0.4, -0.2) is 23.7 Å². The van der Waals surface area contributed by atoms with Gasteiger partial charge in [-0.3, -0.25) is 9.59 Å². The zero-order valence-electron chi connectivity index (χ0n) is 9.47. The first-order valence-corrected chi connectivity index (χ1v) is 5.62. The number of carbonyl (C=O) groups excluding carboxylic acids is 2. The van der Waals surface area contributed by atoms with Gasteiger partial charge in [0.2, 0.25) is 0 Å². The van der Waals surface area contributed by atoms with Gasteiger partial charge in [-0.1, -0.05) is 36.5 Å². The van der Waals surface area contributed by atoms with E-state index < -0.39 is 11.8 Å². The summed E-state index contributed by atoms with van der Waals surface area (Å²) in [5.74, 6) is -1.60. The minimum atomic E-state index is -0.823. The molecule has 0 heterocycles. The molecule has 2 N–H and O–H groups in total. The average molecular weight is 261 g/mol.